The first-order valence-electron chi connectivity index (χ1n) is 7.13. The molecule has 1 saturated heterocycles. The summed E-state index contributed by atoms with van der Waals surface area (Å²) in [4.78, 5) is 5.07. The molecule has 0 amide bonds. The van der Waals surface area contributed by atoms with Gasteiger partial charge in [0.1, 0.15) is 0 Å². The van der Waals surface area contributed by atoms with Crippen molar-refractivity contribution in [3.05, 3.63) is 35.2 Å². The average Bonchev–Trinajstić information content (AvgIpc) is 2.35. The maximum absolute atomic E-state index is 5.88. The fourth-order valence-corrected chi connectivity index (χ4v) is 2.66. The molecule has 19 heavy (non-hydrogen) atoms. The molecule has 1 aromatic rings. The van der Waals surface area contributed by atoms with Crippen LogP contribution in [0.2, 0.25) is 0 Å². The second kappa shape index (κ2) is 6.40. The lowest BCUT2D eigenvalue weighted by molar-refractivity contribution is 0.131. The van der Waals surface area contributed by atoms with Crippen molar-refractivity contribution in [3.63, 3.8) is 0 Å². The highest BCUT2D eigenvalue weighted by atomic mass is 15.3. The van der Waals surface area contributed by atoms with Crippen LogP contribution in [0.4, 0.5) is 5.69 Å². The van der Waals surface area contributed by atoms with E-state index in [1.54, 1.807) is 0 Å². The van der Waals surface area contributed by atoms with Crippen LogP contribution in [-0.4, -0.2) is 42.5 Å². The second-order valence-corrected chi connectivity index (χ2v) is 5.95. The van der Waals surface area contributed by atoms with Gasteiger partial charge in [0.25, 0.3) is 0 Å². The van der Waals surface area contributed by atoms with Gasteiger partial charge in [-0.3, -0.25) is 4.90 Å². The van der Waals surface area contributed by atoms with Crippen LogP contribution in [0, 0.1) is 12.8 Å². The molecule has 3 heteroatoms. The number of nitrogens with two attached hydrogens (primary N) is 1. The van der Waals surface area contributed by atoms with Crippen molar-refractivity contribution in [2.45, 2.75) is 27.3 Å². The molecule has 0 spiro atoms. The first-order chi connectivity index (χ1) is 9.04. The van der Waals surface area contributed by atoms with Gasteiger partial charge in [-0.1, -0.05) is 19.9 Å². The number of nitrogens with zero attached hydrogens (tertiary/aromatic N) is 2. The van der Waals surface area contributed by atoms with Gasteiger partial charge in [-0.2, -0.15) is 0 Å². The normalized spacial score (nSPS) is 18.1. The molecule has 0 unspecified atom stereocenters. The molecule has 2 N–H and O–H groups in total. The van der Waals surface area contributed by atoms with Gasteiger partial charge in [0.15, 0.2) is 0 Å². The molecule has 0 saturated carbocycles. The zero-order valence-corrected chi connectivity index (χ0v) is 12.4. The summed E-state index contributed by atoms with van der Waals surface area (Å²) in [6.07, 6.45) is 0. The molecule has 0 aromatic heterocycles. The Balaban J connectivity index is 1.87. The van der Waals surface area contributed by atoms with Gasteiger partial charge in [0.2, 0.25) is 0 Å². The SMILES string of the molecule is C[C](C)CN1CCN(Cc2cc(N)ccc2C)CC1. The molecular weight excluding hydrogens is 234 g/mol. The topological polar surface area (TPSA) is 32.5 Å². The van der Waals surface area contributed by atoms with E-state index in [9.17, 15) is 0 Å². The Morgan fingerprint density at radius 1 is 1.11 bits per heavy atom. The predicted molar refractivity (Wildman–Crippen MR) is 81.9 cm³/mol. The minimum Gasteiger partial charge on any atom is -0.399 e. The number of piperazine rings is 1. The smallest absolute Gasteiger partial charge is 0.0317 e. The molecule has 0 aliphatic carbocycles. The Morgan fingerprint density at radius 3 is 2.37 bits per heavy atom. The van der Waals surface area contributed by atoms with Gasteiger partial charge < -0.3 is 10.6 Å². The number of hydrogen-bond acceptors (Lipinski definition) is 3. The van der Waals surface area contributed by atoms with Crippen LogP contribution in [-0.2, 0) is 6.54 Å². The summed E-state index contributed by atoms with van der Waals surface area (Å²) in [7, 11) is 0. The molecule has 105 valence electrons. The number of hydrogen-bond donors (Lipinski definition) is 1. The maximum Gasteiger partial charge on any atom is 0.0317 e. The molecule has 0 atom stereocenters. The summed E-state index contributed by atoms with van der Waals surface area (Å²) in [5, 5.41) is 0. The molecular formula is C16H26N3. The zero-order chi connectivity index (χ0) is 13.8. The number of anilines is 1. The Morgan fingerprint density at radius 2 is 1.74 bits per heavy atom. The van der Waals surface area contributed by atoms with E-state index in [2.05, 4.69) is 42.7 Å². The fraction of sp³-hybridized carbons (Fsp3) is 0.562. The first-order valence-corrected chi connectivity index (χ1v) is 7.13. The van der Waals surface area contributed by atoms with Crippen LogP contribution < -0.4 is 5.73 Å². The van der Waals surface area contributed by atoms with Crippen molar-refractivity contribution in [3.8, 4) is 0 Å². The summed E-state index contributed by atoms with van der Waals surface area (Å²) in [6.45, 7) is 13.4. The van der Waals surface area contributed by atoms with Crippen molar-refractivity contribution in [1.82, 2.24) is 9.80 Å². The molecule has 1 aliphatic heterocycles. The summed E-state index contributed by atoms with van der Waals surface area (Å²) in [5.74, 6) is 1.50. The number of benzene rings is 1. The molecule has 3 nitrogen and oxygen atoms in total. The fourth-order valence-electron chi connectivity index (χ4n) is 2.66. The van der Waals surface area contributed by atoms with Crippen LogP contribution in [0.3, 0.4) is 0 Å². The second-order valence-electron chi connectivity index (χ2n) is 5.95. The highest BCUT2D eigenvalue weighted by Gasteiger charge is 2.18. The maximum atomic E-state index is 5.88. The Hall–Kier alpha value is -1.06. The van der Waals surface area contributed by atoms with E-state index in [0.717, 1.165) is 31.9 Å². The van der Waals surface area contributed by atoms with E-state index < -0.39 is 0 Å². The Kier molecular flexibility index (Phi) is 4.83. The minimum absolute atomic E-state index is 0.871. The number of rotatable bonds is 4. The first kappa shape index (κ1) is 14.4. The zero-order valence-electron chi connectivity index (χ0n) is 12.4. The summed E-state index contributed by atoms with van der Waals surface area (Å²) in [5.41, 5.74) is 9.46. The highest BCUT2D eigenvalue weighted by molar-refractivity contribution is 5.44. The van der Waals surface area contributed by atoms with E-state index in [1.165, 1.54) is 30.1 Å². The molecule has 1 aliphatic rings. The molecule has 1 fully saturated rings. The van der Waals surface area contributed by atoms with E-state index in [0.29, 0.717) is 0 Å². The third-order valence-electron chi connectivity index (χ3n) is 3.77. The molecule has 1 heterocycles. The van der Waals surface area contributed by atoms with Crippen molar-refractivity contribution in [2.75, 3.05) is 38.5 Å². The van der Waals surface area contributed by atoms with Gasteiger partial charge in [-0.15, -0.1) is 0 Å². The lowest BCUT2D eigenvalue weighted by atomic mass is 10.1. The van der Waals surface area contributed by atoms with Gasteiger partial charge in [-0.25, -0.2) is 0 Å². The van der Waals surface area contributed by atoms with Crippen molar-refractivity contribution in [1.29, 1.82) is 0 Å². The van der Waals surface area contributed by atoms with Crippen LogP contribution >= 0.6 is 0 Å². The lowest BCUT2D eigenvalue weighted by Gasteiger charge is -2.35. The van der Waals surface area contributed by atoms with Crippen molar-refractivity contribution < 1.29 is 0 Å². The van der Waals surface area contributed by atoms with E-state index in [-0.39, 0.29) is 0 Å². The molecule has 2 rings (SSSR count). The summed E-state index contributed by atoms with van der Waals surface area (Å²) < 4.78 is 0. The highest BCUT2D eigenvalue weighted by Crippen LogP contribution is 2.16. The Bertz CT molecular complexity index is 406. The van der Waals surface area contributed by atoms with Crippen molar-refractivity contribution >= 4 is 5.69 Å². The number of aryl methyl sites for hydroxylation is 1. The lowest BCUT2D eigenvalue weighted by Crippen LogP contribution is -2.46. The van der Waals surface area contributed by atoms with Gasteiger partial charge in [-0.05, 0) is 36.1 Å². The largest absolute Gasteiger partial charge is 0.399 e. The monoisotopic (exact) mass is 260 g/mol. The van der Waals surface area contributed by atoms with Crippen LogP contribution in [0.1, 0.15) is 25.0 Å². The van der Waals surface area contributed by atoms with Crippen LogP contribution in [0.15, 0.2) is 18.2 Å². The quantitative estimate of drug-likeness (QED) is 0.843. The van der Waals surface area contributed by atoms with E-state index in [1.807, 2.05) is 6.07 Å². The molecule has 1 radical (unpaired) electrons. The third kappa shape index (κ3) is 4.22. The van der Waals surface area contributed by atoms with Gasteiger partial charge in [0.05, 0.1) is 0 Å². The van der Waals surface area contributed by atoms with E-state index in [4.69, 9.17) is 5.73 Å². The van der Waals surface area contributed by atoms with E-state index >= 15 is 0 Å². The predicted octanol–water partition coefficient (Wildman–Crippen LogP) is 2.31. The minimum atomic E-state index is 0.871. The molecule has 0 bridgehead atoms. The standard InChI is InChI=1S/C16H26N3/c1-13(2)11-18-6-8-19(9-7-18)12-15-10-16(17)5-4-14(15)3/h4-5,10H,6-9,11-12,17H2,1-3H3. The average molecular weight is 260 g/mol. The van der Waals surface area contributed by atoms with Crippen LogP contribution in [0.5, 0.6) is 0 Å². The van der Waals surface area contributed by atoms with Crippen LogP contribution in [0.25, 0.3) is 0 Å². The molecule has 1 aromatic carbocycles. The van der Waals surface area contributed by atoms with Gasteiger partial charge in [0, 0.05) is 45.0 Å². The number of nitrogen functional groups attached to an aromatic ring is 1. The summed E-state index contributed by atoms with van der Waals surface area (Å²) in [6, 6.07) is 6.22. The third-order valence-corrected chi connectivity index (χ3v) is 3.77. The van der Waals surface area contributed by atoms with Gasteiger partial charge >= 0.3 is 0 Å². The Labute approximate surface area is 117 Å². The summed E-state index contributed by atoms with van der Waals surface area (Å²) >= 11 is 0. The van der Waals surface area contributed by atoms with Crippen molar-refractivity contribution in [2.24, 2.45) is 0 Å².